The number of carbonyl (C=O) groups is 2. The zero-order chi connectivity index (χ0) is 32.8. The van der Waals surface area contributed by atoms with Gasteiger partial charge in [-0.05, 0) is 72.6 Å². The van der Waals surface area contributed by atoms with Crippen molar-refractivity contribution in [2.24, 2.45) is 16.9 Å². The number of esters is 2. The SMILES string of the molecule is CC(C)(C)OC(=O)CC1(CNCCS)CCCCC1.COC1(CC(=O)OC(C)(C)C)CCCCC1.NCCSSCCN. The first-order valence-corrected chi connectivity index (χ1v) is 19.2. The Balaban J connectivity index is 0.000000665. The molecule has 43 heavy (non-hydrogen) atoms. The van der Waals surface area contributed by atoms with Gasteiger partial charge in [0.25, 0.3) is 0 Å². The maximum absolute atomic E-state index is 12.1. The van der Waals surface area contributed by atoms with Gasteiger partial charge >= 0.3 is 11.9 Å². The molecule has 0 aromatic rings. The lowest BCUT2D eigenvalue weighted by Gasteiger charge is -2.37. The molecule has 0 atom stereocenters. The van der Waals surface area contributed by atoms with E-state index in [4.69, 9.17) is 25.7 Å². The van der Waals surface area contributed by atoms with Crippen molar-refractivity contribution < 1.29 is 23.8 Å². The van der Waals surface area contributed by atoms with Crippen LogP contribution in [0.3, 0.4) is 0 Å². The van der Waals surface area contributed by atoms with Crippen LogP contribution in [0.2, 0.25) is 0 Å². The van der Waals surface area contributed by atoms with Gasteiger partial charge in [-0.15, -0.1) is 0 Å². The van der Waals surface area contributed by atoms with Gasteiger partial charge in [-0.25, -0.2) is 0 Å². The molecule has 5 N–H and O–H groups in total. The highest BCUT2D eigenvalue weighted by molar-refractivity contribution is 8.76. The molecule has 0 saturated heterocycles. The first kappa shape index (κ1) is 42.8. The van der Waals surface area contributed by atoms with Gasteiger partial charge in [-0.2, -0.15) is 12.6 Å². The molecule has 0 amide bonds. The first-order chi connectivity index (χ1) is 20.2. The maximum atomic E-state index is 12.1. The monoisotopic (exact) mass is 667 g/mol. The van der Waals surface area contributed by atoms with Crippen molar-refractivity contribution in [1.29, 1.82) is 0 Å². The fourth-order valence-corrected chi connectivity index (χ4v) is 7.21. The number of nitrogens with two attached hydrogens (primary N) is 2. The number of thiol groups is 1. The Morgan fingerprint density at radius 2 is 1.21 bits per heavy atom. The van der Waals surface area contributed by atoms with Crippen LogP contribution in [-0.2, 0) is 23.8 Å². The third-order valence-electron chi connectivity index (χ3n) is 7.21. The number of carbonyl (C=O) groups excluding carboxylic acids is 2. The van der Waals surface area contributed by atoms with Crippen molar-refractivity contribution in [1.82, 2.24) is 5.32 Å². The van der Waals surface area contributed by atoms with Crippen LogP contribution in [0.25, 0.3) is 0 Å². The third-order valence-corrected chi connectivity index (χ3v) is 9.91. The van der Waals surface area contributed by atoms with Crippen LogP contribution < -0.4 is 16.8 Å². The molecule has 0 bridgehead atoms. The van der Waals surface area contributed by atoms with Crippen LogP contribution in [0.15, 0.2) is 0 Å². The Labute approximate surface area is 277 Å². The van der Waals surface area contributed by atoms with Gasteiger partial charge in [0.2, 0.25) is 0 Å². The standard InChI is InChI=1S/C15H29NO2S.C13H24O3.C4H12N2S2/c1-14(2,3)18-13(17)11-15(12-16-9-10-19)7-5-4-6-8-15;1-12(2,3)16-11(14)10-13(15-4)8-6-5-7-9-13;5-1-3-7-8-4-2-6/h16,19H,4-12H2,1-3H3;5-10H2,1-4H3;1-6H2. The molecule has 0 aliphatic heterocycles. The average Bonchev–Trinajstić information content (AvgIpc) is 2.91. The molecular formula is C32H65N3O5S3. The molecule has 2 fully saturated rings. The van der Waals surface area contributed by atoms with Gasteiger partial charge in [0, 0.05) is 50.5 Å². The average molecular weight is 668 g/mol. The topological polar surface area (TPSA) is 126 Å². The molecule has 0 radical (unpaired) electrons. The summed E-state index contributed by atoms with van der Waals surface area (Å²) in [6, 6.07) is 0. The Hall–Kier alpha value is -0.170. The predicted molar refractivity (Wildman–Crippen MR) is 189 cm³/mol. The molecular weight excluding hydrogens is 603 g/mol. The van der Waals surface area contributed by atoms with Gasteiger partial charge in [0.05, 0.1) is 18.4 Å². The number of hydrogen-bond acceptors (Lipinski definition) is 11. The van der Waals surface area contributed by atoms with Crippen LogP contribution in [0.5, 0.6) is 0 Å². The summed E-state index contributed by atoms with van der Waals surface area (Å²) in [4.78, 5) is 23.9. The summed E-state index contributed by atoms with van der Waals surface area (Å²) in [6.07, 6.45) is 12.4. The predicted octanol–water partition coefficient (Wildman–Crippen LogP) is 6.54. The molecule has 0 heterocycles. The van der Waals surface area contributed by atoms with Gasteiger partial charge in [0.15, 0.2) is 0 Å². The van der Waals surface area contributed by atoms with Crippen molar-refractivity contribution in [2.75, 3.05) is 50.5 Å². The Morgan fingerprint density at radius 1 is 0.767 bits per heavy atom. The van der Waals surface area contributed by atoms with Gasteiger partial charge in [-0.1, -0.05) is 60.1 Å². The minimum Gasteiger partial charge on any atom is -0.460 e. The van der Waals surface area contributed by atoms with Crippen LogP contribution in [0.4, 0.5) is 0 Å². The van der Waals surface area contributed by atoms with E-state index in [1.807, 2.05) is 41.5 Å². The van der Waals surface area contributed by atoms with E-state index in [-0.39, 0.29) is 28.6 Å². The van der Waals surface area contributed by atoms with E-state index >= 15 is 0 Å². The number of nitrogens with one attached hydrogen (secondary N) is 1. The van der Waals surface area contributed by atoms with Crippen LogP contribution in [-0.4, -0.2) is 79.3 Å². The summed E-state index contributed by atoms with van der Waals surface area (Å²) in [5, 5.41) is 3.43. The molecule has 2 rings (SSSR count). The molecule has 256 valence electrons. The number of rotatable bonds is 14. The highest BCUT2D eigenvalue weighted by Gasteiger charge is 2.36. The lowest BCUT2D eigenvalue weighted by Crippen LogP contribution is -2.40. The normalized spacial score (nSPS) is 17.9. The molecule has 11 heteroatoms. The van der Waals surface area contributed by atoms with Gasteiger partial charge in [-0.3, -0.25) is 9.59 Å². The molecule has 0 spiro atoms. The zero-order valence-electron chi connectivity index (χ0n) is 28.4. The van der Waals surface area contributed by atoms with E-state index in [1.54, 1.807) is 28.7 Å². The fraction of sp³-hybridized carbons (Fsp3) is 0.938. The van der Waals surface area contributed by atoms with Crippen LogP contribution in [0, 0.1) is 5.41 Å². The number of methoxy groups -OCH3 is 1. The van der Waals surface area contributed by atoms with E-state index in [0.717, 1.165) is 82.0 Å². The molecule has 0 unspecified atom stereocenters. The van der Waals surface area contributed by atoms with Crippen molar-refractivity contribution in [3.05, 3.63) is 0 Å². The fourth-order valence-electron chi connectivity index (χ4n) is 5.34. The van der Waals surface area contributed by atoms with E-state index in [1.165, 1.54) is 25.7 Å². The number of ether oxygens (including phenoxy) is 3. The molecule has 2 aliphatic carbocycles. The second kappa shape index (κ2) is 23.2. The summed E-state index contributed by atoms with van der Waals surface area (Å²) >= 11 is 4.22. The Bertz CT molecular complexity index is 727. The molecule has 0 aromatic heterocycles. The summed E-state index contributed by atoms with van der Waals surface area (Å²) < 4.78 is 16.4. The lowest BCUT2D eigenvalue weighted by molar-refractivity contribution is -0.163. The second-order valence-corrected chi connectivity index (χ2v) is 16.8. The summed E-state index contributed by atoms with van der Waals surface area (Å²) in [5.41, 5.74) is 9.54. The molecule has 2 aliphatic rings. The summed E-state index contributed by atoms with van der Waals surface area (Å²) in [6.45, 7) is 14.8. The van der Waals surface area contributed by atoms with Crippen LogP contribution in [0.1, 0.15) is 119 Å². The smallest absolute Gasteiger partial charge is 0.309 e. The molecule has 0 aromatic carbocycles. The van der Waals surface area contributed by atoms with Gasteiger partial charge in [0.1, 0.15) is 11.2 Å². The highest BCUT2D eigenvalue weighted by Crippen LogP contribution is 2.39. The Kier molecular flexibility index (Phi) is 23.1. The van der Waals surface area contributed by atoms with Gasteiger partial charge < -0.3 is 31.0 Å². The van der Waals surface area contributed by atoms with Crippen molar-refractivity contribution in [3.8, 4) is 0 Å². The molecule has 2 saturated carbocycles. The molecule has 8 nitrogen and oxygen atoms in total. The third kappa shape index (κ3) is 22.9. The zero-order valence-corrected chi connectivity index (χ0v) is 30.9. The lowest BCUT2D eigenvalue weighted by atomic mass is 9.71. The largest absolute Gasteiger partial charge is 0.460 e. The van der Waals surface area contributed by atoms with E-state index in [9.17, 15) is 9.59 Å². The van der Waals surface area contributed by atoms with Crippen LogP contribution >= 0.6 is 34.2 Å². The van der Waals surface area contributed by atoms with Crippen molar-refractivity contribution in [3.63, 3.8) is 0 Å². The quantitative estimate of drug-likeness (QED) is 0.0702. The van der Waals surface area contributed by atoms with Crippen molar-refractivity contribution >= 4 is 46.2 Å². The Morgan fingerprint density at radius 3 is 1.60 bits per heavy atom. The number of hydrogen-bond donors (Lipinski definition) is 4. The summed E-state index contributed by atoms with van der Waals surface area (Å²) in [5.74, 6) is 2.70. The first-order valence-electron chi connectivity index (χ1n) is 16.1. The minimum atomic E-state index is -0.402. The van der Waals surface area contributed by atoms with E-state index < -0.39 is 5.60 Å². The summed E-state index contributed by atoms with van der Waals surface area (Å²) in [7, 11) is 5.28. The minimum absolute atomic E-state index is 0.0536. The highest BCUT2D eigenvalue weighted by atomic mass is 33.1. The maximum Gasteiger partial charge on any atom is 0.309 e. The van der Waals surface area contributed by atoms with E-state index in [0.29, 0.717) is 12.8 Å². The second-order valence-electron chi connectivity index (χ2n) is 13.7. The van der Waals surface area contributed by atoms with Crippen molar-refractivity contribution in [2.45, 2.75) is 135 Å². The van der Waals surface area contributed by atoms with E-state index in [2.05, 4.69) is 17.9 Å².